The zero-order chi connectivity index (χ0) is 44.4. The van der Waals surface area contributed by atoms with Crippen LogP contribution in [0.2, 0.25) is 0 Å². The lowest BCUT2D eigenvalue weighted by Crippen LogP contribution is -2.17. The van der Waals surface area contributed by atoms with Crippen LogP contribution < -0.4 is 4.90 Å². The maximum Gasteiger partial charge on any atom is 0.0465 e. The second-order valence-corrected chi connectivity index (χ2v) is 21.9. The number of hydrogen-bond acceptors (Lipinski definition) is 1. The van der Waals surface area contributed by atoms with Crippen LogP contribution in [0.4, 0.5) is 17.1 Å². The first-order chi connectivity index (χ1) is 30.7. The fraction of sp³-hybridized carbons (Fsp3) is 0.333. The molecule has 0 radical (unpaired) electrons. The van der Waals surface area contributed by atoms with Crippen molar-refractivity contribution in [2.24, 2.45) is 0 Å². The molecule has 0 saturated heterocycles. The highest BCUT2D eigenvalue weighted by atomic mass is 15.1. The minimum atomic E-state index is -0.0850. The van der Waals surface area contributed by atoms with Gasteiger partial charge in [0.05, 0.1) is 0 Å². The third kappa shape index (κ3) is 7.84. The molecule has 1 nitrogen and oxygen atoms in total. The summed E-state index contributed by atoms with van der Waals surface area (Å²) in [6.45, 7) is 18.8. The van der Waals surface area contributed by atoms with E-state index in [0.717, 1.165) is 12.8 Å². The lowest BCUT2D eigenvalue weighted by atomic mass is 9.77. The summed E-state index contributed by atoms with van der Waals surface area (Å²) in [5.41, 5.74) is 24.6. The standard InChI is InChI=1S/C63H67N/c1-61(2,3)48-38-47(39-49(40-48)62(4,5)6)54-36-35-53(55-21-12-13-22-56(54)55)44-27-31-51(32-28-44)64(52-33-34-58-57-23-14-15-24-59(57)63(7,8)60(58)41-52)50-29-25-43(26-30-50)46-20-16-19-45(37-46)42-17-10-9-11-18-42/h14-16,19-20,23-42H,9-13,17-18,21-22H2,1-8H3. The summed E-state index contributed by atoms with van der Waals surface area (Å²) in [6, 6.07) is 56.5. The SMILES string of the molecule is CC(C)(C)c1cc(-c2ccc(-c3ccc(N(c4ccc(-c5cccc(C6CCCCC6)c5)cc4)c4ccc5c(c4)C(C)(C)c4ccccc4-5)cc3)c3c2CCCC3)cc(C(C)(C)C)c1. The molecule has 0 heterocycles. The molecule has 3 aliphatic carbocycles. The van der Waals surface area contributed by atoms with Gasteiger partial charge in [-0.3, -0.25) is 0 Å². The molecular formula is C63H67N. The lowest BCUT2D eigenvalue weighted by molar-refractivity contribution is 0.444. The van der Waals surface area contributed by atoms with Gasteiger partial charge in [0, 0.05) is 22.5 Å². The maximum absolute atomic E-state index is 2.47. The summed E-state index contributed by atoms with van der Waals surface area (Å²) in [7, 11) is 0. The molecule has 7 aromatic rings. The molecule has 324 valence electrons. The van der Waals surface area contributed by atoms with Gasteiger partial charge in [0.25, 0.3) is 0 Å². The van der Waals surface area contributed by atoms with Crippen molar-refractivity contribution in [3.63, 3.8) is 0 Å². The van der Waals surface area contributed by atoms with Crippen LogP contribution in [0.3, 0.4) is 0 Å². The molecule has 0 unspecified atom stereocenters. The highest BCUT2D eigenvalue weighted by molar-refractivity contribution is 5.87. The molecule has 7 aromatic carbocycles. The van der Waals surface area contributed by atoms with Gasteiger partial charge < -0.3 is 4.90 Å². The summed E-state index contributed by atoms with van der Waals surface area (Å²) in [4.78, 5) is 2.47. The third-order valence-corrected chi connectivity index (χ3v) is 15.2. The molecule has 10 rings (SSSR count). The molecule has 64 heavy (non-hydrogen) atoms. The summed E-state index contributed by atoms with van der Waals surface area (Å²) in [6.07, 6.45) is 11.5. The lowest BCUT2D eigenvalue weighted by Gasteiger charge is -2.29. The van der Waals surface area contributed by atoms with Crippen LogP contribution in [0, 0.1) is 0 Å². The first-order valence-electron chi connectivity index (χ1n) is 24.4. The van der Waals surface area contributed by atoms with Crippen molar-refractivity contribution in [1.82, 2.24) is 0 Å². The van der Waals surface area contributed by atoms with Crippen molar-refractivity contribution in [1.29, 1.82) is 0 Å². The normalized spacial score (nSPS) is 15.9. The smallest absolute Gasteiger partial charge is 0.0465 e. The molecule has 0 amide bonds. The second-order valence-electron chi connectivity index (χ2n) is 21.9. The van der Waals surface area contributed by atoms with E-state index in [9.17, 15) is 0 Å². The summed E-state index contributed by atoms with van der Waals surface area (Å²) >= 11 is 0. The number of anilines is 3. The quantitative estimate of drug-likeness (QED) is 0.155. The zero-order valence-corrected chi connectivity index (χ0v) is 39.7. The molecular weight excluding hydrogens is 771 g/mol. The minimum Gasteiger partial charge on any atom is -0.310 e. The van der Waals surface area contributed by atoms with Crippen molar-refractivity contribution < 1.29 is 0 Å². The second kappa shape index (κ2) is 16.4. The average molecular weight is 838 g/mol. The van der Waals surface area contributed by atoms with E-state index in [1.165, 1.54) is 140 Å². The summed E-state index contributed by atoms with van der Waals surface area (Å²) < 4.78 is 0. The van der Waals surface area contributed by atoms with Gasteiger partial charge in [-0.2, -0.15) is 0 Å². The first kappa shape index (κ1) is 42.3. The van der Waals surface area contributed by atoms with E-state index in [1.807, 2.05) is 0 Å². The Labute approximate surface area is 384 Å². The number of benzene rings is 7. The molecule has 0 aliphatic heterocycles. The molecule has 1 fully saturated rings. The Hall–Kier alpha value is -5.66. The van der Waals surface area contributed by atoms with Gasteiger partial charge in [-0.15, -0.1) is 0 Å². The van der Waals surface area contributed by atoms with Crippen molar-refractivity contribution >= 4 is 17.1 Å². The van der Waals surface area contributed by atoms with Gasteiger partial charge in [0.15, 0.2) is 0 Å². The van der Waals surface area contributed by atoms with E-state index in [-0.39, 0.29) is 16.2 Å². The van der Waals surface area contributed by atoms with Crippen LogP contribution in [-0.2, 0) is 29.1 Å². The monoisotopic (exact) mass is 838 g/mol. The molecule has 0 N–H and O–H groups in total. The van der Waals surface area contributed by atoms with Gasteiger partial charge in [-0.25, -0.2) is 0 Å². The van der Waals surface area contributed by atoms with E-state index in [2.05, 4.69) is 206 Å². The Balaban J connectivity index is 1.04. The maximum atomic E-state index is 2.47. The van der Waals surface area contributed by atoms with Crippen molar-refractivity contribution in [2.45, 2.75) is 135 Å². The van der Waals surface area contributed by atoms with Crippen LogP contribution in [0.15, 0.2) is 146 Å². The Kier molecular flexibility index (Phi) is 10.8. The summed E-state index contributed by atoms with van der Waals surface area (Å²) in [5.74, 6) is 0.692. The van der Waals surface area contributed by atoms with Crippen molar-refractivity contribution in [2.75, 3.05) is 4.90 Å². The largest absolute Gasteiger partial charge is 0.310 e. The number of nitrogens with zero attached hydrogens (tertiary/aromatic N) is 1. The highest BCUT2D eigenvalue weighted by Gasteiger charge is 2.36. The van der Waals surface area contributed by atoms with Gasteiger partial charge in [-0.1, -0.05) is 184 Å². The van der Waals surface area contributed by atoms with Crippen LogP contribution in [-0.4, -0.2) is 0 Å². The minimum absolute atomic E-state index is 0.0782. The molecule has 3 aliphatic rings. The zero-order valence-electron chi connectivity index (χ0n) is 39.7. The number of rotatable bonds is 7. The van der Waals surface area contributed by atoms with Crippen molar-refractivity contribution in [3.8, 4) is 44.5 Å². The summed E-state index contributed by atoms with van der Waals surface area (Å²) in [5, 5.41) is 0. The van der Waals surface area contributed by atoms with Gasteiger partial charge in [0.1, 0.15) is 0 Å². The van der Waals surface area contributed by atoms with Crippen LogP contribution in [0.1, 0.15) is 145 Å². The number of fused-ring (bicyclic) bond motifs is 4. The highest BCUT2D eigenvalue weighted by Crippen LogP contribution is 2.51. The number of hydrogen-bond donors (Lipinski definition) is 0. The molecule has 0 aromatic heterocycles. The Morgan fingerprint density at radius 2 is 0.969 bits per heavy atom. The van der Waals surface area contributed by atoms with Crippen LogP contribution in [0.5, 0.6) is 0 Å². The van der Waals surface area contributed by atoms with Crippen LogP contribution >= 0.6 is 0 Å². The predicted octanol–water partition coefficient (Wildman–Crippen LogP) is 18.0. The van der Waals surface area contributed by atoms with E-state index in [4.69, 9.17) is 0 Å². The van der Waals surface area contributed by atoms with E-state index in [0.29, 0.717) is 5.92 Å². The fourth-order valence-corrected chi connectivity index (χ4v) is 11.3. The third-order valence-electron chi connectivity index (χ3n) is 15.2. The molecule has 1 heteroatoms. The van der Waals surface area contributed by atoms with Gasteiger partial charge >= 0.3 is 0 Å². The molecule has 1 saturated carbocycles. The predicted molar refractivity (Wildman–Crippen MR) is 275 cm³/mol. The van der Waals surface area contributed by atoms with Crippen LogP contribution in [0.25, 0.3) is 44.5 Å². The average Bonchev–Trinajstić information content (AvgIpc) is 3.54. The van der Waals surface area contributed by atoms with Crippen molar-refractivity contribution in [3.05, 3.63) is 185 Å². The molecule has 0 bridgehead atoms. The van der Waals surface area contributed by atoms with Gasteiger partial charge in [-0.05, 0) is 175 Å². The fourth-order valence-electron chi connectivity index (χ4n) is 11.3. The Morgan fingerprint density at radius 3 is 1.59 bits per heavy atom. The Morgan fingerprint density at radius 1 is 0.422 bits per heavy atom. The topological polar surface area (TPSA) is 3.24 Å². The first-order valence-corrected chi connectivity index (χ1v) is 24.4. The van der Waals surface area contributed by atoms with E-state index in [1.54, 1.807) is 5.56 Å². The van der Waals surface area contributed by atoms with E-state index < -0.39 is 0 Å². The molecule has 0 spiro atoms. The van der Waals surface area contributed by atoms with E-state index >= 15 is 0 Å². The Bertz CT molecular complexity index is 2800. The van der Waals surface area contributed by atoms with Gasteiger partial charge in [0.2, 0.25) is 0 Å². The molecule has 0 atom stereocenters.